The Kier molecular flexibility index (Phi) is 3.50. The van der Waals surface area contributed by atoms with Crippen molar-refractivity contribution in [1.82, 2.24) is 0 Å². The van der Waals surface area contributed by atoms with Crippen LogP contribution in [-0.4, -0.2) is 16.9 Å². The lowest BCUT2D eigenvalue weighted by atomic mass is 10.1. The minimum atomic E-state index is -1.45. The van der Waals surface area contributed by atoms with E-state index in [4.69, 9.17) is 5.11 Å². The second-order valence-electron chi connectivity index (χ2n) is 3.09. The fourth-order valence-electron chi connectivity index (χ4n) is 1.09. The number of halogens is 2. The predicted octanol–water partition coefficient (Wildman–Crippen LogP) is 2.02. The smallest absolute Gasteiger partial charge is 0.339 e. The Hall–Kier alpha value is -2.04. The number of benzene rings is 1. The number of hydrogen-bond acceptors (Lipinski definition) is 2. The van der Waals surface area contributed by atoms with Gasteiger partial charge in [0.15, 0.2) is 5.78 Å². The largest absolute Gasteiger partial charge is 0.478 e. The molecular formula is C11H8F2O3. The third kappa shape index (κ3) is 2.73. The van der Waals surface area contributed by atoms with Crippen LogP contribution in [0.1, 0.15) is 12.5 Å². The molecule has 0 unspecified atom stereocenters. The molecule has 0 heterocycles. The monoisotopic (exact) mass is 226 g/mol. The summed E-state index contributed by atoms with van der Waals surface area (Å²) >= 11 is 0. The summed E-state index contributed by atoms with van der Waals surface area (Å²) in [6.45, 7) is 1.06. The van der Waals surface area contributed by atoms with Gasteiger partial charge in [-0.1, -0.05) is 0 Å². The summed E-state index contributed by atoms with van der Waals surface area (Å²) in [6, 6.07) is 2.66. The van der Waals surface area contributed by atoms with Gasteiger partial charge in [0.05, 0.1) is 0 Å². The van der Waals surface area contributed by atoms with Crippen LogP contribution in [0.25, 0.3) is 6.08 Å². The van der Waals surface area contributed by atoms with Crippen LogP contribution in [0, 0.1) is 11.6 Å². The van der Waals surface area contributed by atoms with Gasteiger partial charge in [0.2, 0.25) is 0 Å². The molecule has 0 aliphatic rings. The van der Waals surface area contributed by atoms with E-state index in [0.717, 1.165) is 25.1 Å². The zero-order chi connectivity index (χ0) is 12.3. The van der Waals surface area contributed by atoms with Crippen LogP contribution < -0.4 is 0 Å². The Morgan fingerprint density at radius 2 is 1.94 bits per heavy atom. The average Bonchev–Trinajstić information content (AvgIpc) is 2.15. The number of rotatable bonds is 3. The van der Waals surface area contributed by atoms with Crippen LogP contribution in [0.2, 0.25) is 0 Å². The maximum Gasteiger partial charge on any atom is 0.339 e. The van der Waals surface area contributed by atoms with Gasteiger partial charge in [0.1, 0.15) is 17.2 Å². The highest BCUT2D eigenvalue weighted by Gasteiger charge is 2.13. The Bertz CT molecular complexity index is 462. The fraction of sp³-hybridized carbons (Fsp3) is 0.0909. The molecule has 0 amide bonds. The lowest BCUT2D eigenvalue weighted by Crippen LogP contribution is -2.08. The second-order valence-corrected chi connectivity index (χ2v) is 3.09. The van der Waals surface area contributed by atoms with Crippen molar-refractivity contribution in [3.63, 3.8) is 0 Å². The SMILES string of the molecule is CC(=O)C(=Cc1ccc(F)cc1F)C(=O)O. The van der Waals surface area contributed by atoms with Crippen molar-refractivity contribution in [2.75, 3.05) is 0 Å². The van der Waals surface area contributed by atoms with Crippen molar-refractivity contribution < 1.29 is 23.5 Å². The Labute approximate surface area is 90.0 Å². The van der Waals surface area contributed by atoms with Crippen molar-refractivity contribution in [1.29, 1.82) is 0 Å². The number of carboxylic acids is 1. The number of hydrogen-bond donors (Lipinski definition) is 1. The molecule has 0 bridgehead atoms. The van der Waals surface area contributed by atoms with Crippen LogP contribution in [0.15, 0.2) is 23.8 Å². The zero-order valence-corrected chi connectivity index (χ0v) is 8.33. The van der Waals surface area contributed by atoms with Gasteiger partial charge >= 0.3 is 5.97 Å². The van der Waals surface area contributed by atoms with Gasteiger partial charge in [-0.05, 0) is 25.1 Å². The number of aliphatic carboxylic acids is 1. The Balaban J connectivity index is 3.23. The van der Waals surface area contributed by atoms with Crippen LogP contribution in [-0.2, 0) is 9.59 Å². The zero-order valence-electron chi connectivity index (χ0n) is 8.33. The Morgan fingerprint density at radius 1 is 1.31 bits per heavy atom. The molecule has 0 saturated carbocycles. The highest BCUT2D eigenvalue weighted by molar-refractivity contribution is 6.19. The molecule has 0 aromatic heterocycles. The second kappa shape index (κ2) is 4.65. The molecule has 0 fully saturated rings. The molecule has 3 nitrogen and oxygen atoms in total. The fourth-order valence-corrected chi connectivity index (χ4v) is 1.09. The summed E-state index contributed by atoms with van der Waals surface area (Å²) in [5, 5.41) is 8.66. The van der Waals surface area contributed by atoms with Crippen LogP contribution in [0.4, 0.5) is 8.78 Å². The number of ketones is 1. The molecule has 0 saturated heterocycles. The molecule has 5 heteroatoms. The van der Waals surface area contributed by atoms with E-state index in [-0.39, 0.29) is 5.56 Å². The molecule has 1 rings (SSSR count). The molecule has 0 aliphatic heterocycles. The summed E-state index contributed by atoms with van der Waals surface area (Å²) in [6.07, 6.45) is 0.874. The van der Waals surface area contributed by atoms with Gasteiger partial charge in [0, 0.05) is 11.6 Å². The van der Waals surface area contributed by atoms with E-state index in [0.29, 0.717) is 6.07 Å². The summed E-state index contributed by atoms with van der Waals surface area (Å²) < 4.78 is 25.7. The third-order valence-corrected chi connectivity index (χ3v) is 1.87. The molecule has 0 aliphatic carbocycles. The molecule has 1 aromatic rings. The predicted molar refractivity (Wildman–Crippen MR) is 52.7 cm³/mol. The Morgan fingerprint density at radius 3 is 2.38 bits per heavy atom. The van der Waals surface area contributed by atoms with Crippen molar-refractivity contribution in [2.45, 2.75) is 6.92 Å². The van der Waals surface area contributed by atoms with Gasteiger partial charge < -0.3 is 5.11 Å². The molecule has 84 valence electrons. The van der Waals surface area contributed by atoms with Gasteiger partial charge in [-0.2, -0.15) is 0 Å². The highest BCUT2D eigenvalue weighted by atomic mass is 19.1. The van der Waals surface area contributed by atoms with Gasteiger partial charge in [0.25, 0.3) is 0 Å². The van der Waals surface area contributed by atoms with E-state index >= 15 is 0 Å². The molecule has 0 atom stereocenters. The minimum absolute atomic E-state index is 0.144. The molecule has 16 heavy (non-hydrogen) atoms. The lowest BCUT2D eigenvalue weighted by Gasteiger charge is -1.99. The van der Waals surface area contributed by atoms with Crippen molar-refractivity contribution in [3.8, 4) is 0 Å². The standard InChI is InChI=1S/C11H8F2O3/c1-6(14)9(11(15)16)4-7-2-3-8(12)5-10(7)13/h2-5H,1H3,(H,15,16). The van der Waals surface area contributed by atoms with Gasteiger partial charge in [-0.3, -0.25) is 4.79 Å². The lowest BCUT2D eigenvalue weighted by molar-refractivity contribution is -0.134. The summed E-state index contributed by atoms with van der Waals surface area (Å²) in [4.78, 5) is 21.6. The van der Waals surface area contributed by atoms with Crippen LogP contribution in [0.3, 0.4) is 0 Å². The normalized spacial score (nSPS) is 11.3. The minimum Gasteiger partial charge on any atom is -0.478 e. The number of carbonyl (C=O) groups is 2. The first-order valence-electron chi connectivity index (χ1n) is 4.33. The van der Waals surface area contributed by atoms with Crippen molar-refractivity contribution in [3.05, 3.63) is 41.0 Å². The number of carboxylic acid groups (broad SMARTS) is 1. The maximum absolute atomic E-state index is 13.1. The van der Waals surface area contributed by atoms with E-state index in [1.807, 2.05) is 0 Å². The first kappa shape index (κ1) is 12.0. The summed E-state index contributed by atoms with van der Waals surface area (Å²) in [5.41, 5.74) is -0.695. The van der Waals surface area contributed by atoms with Crippen LogP contribution in [0.5, 0.6) is 0 Å². The molecule has 1 aromatic carbocycles. The van der Waals surface area contributed by atoms with Gasteiger partial charge in [-0.25, -0.2) is 13.6 Å². The first-order valence-corrected chi connectivity index (χ1v) is 4.33. The highest BCUT2D eigenvalue weighted by Crippen LogP contribution is 2.14. The number of carbonyl (C=O) groups excluding carboxylic acids is 1. The number of Topliss-reactive ketones (excluding diaryl/α,β-unsaturated/α-hetero) is 1. The average molecular weight is 226 g/mol. The summed E-state index contributed by atoms with van der Waals surface area (Å²) in [7, 11) is 0. The van der Waals surface area contributed by atoms with E-state index in [2.05, 4.69) is 0 Å². The molecular weight excluding hydrogens is 218 g/mol. The maximum atomic E-state index is 13.1. The van der Waals surface area contributed by atoms with E-state index in [9.17, 15) is 18.4 Å². The van der Waals surface area contributed by atoms with E-state index < -0.39 is 29.0 Å². The molecule has 0 spiro atoms. The van der Waals surface area contributed by atoms with Crippen LogP contribution >= 0.6 is 0 Å². The van der Waals surface area contributed by atoms with E-state index in [1.165, 1.54) is 0 Å². The third-order valence-electron chi connectivity index (χ3n) is 1.87. The van der Waals surface area contributed by atoms with Crippen molar-refractivity contribution in [2.24, 2.45) is 0 Å². The quantitative estimate of drug-likeness (QED) is 0.487. The van der Waals surface area contributed by atoms with E-state index in [1.54, 1.807) is 0 Å². The molecule has 1 N–H and O–H groups in total. The molecule has 0 radical (unpaired) electrons. The summed E-state index contributed by atoms with van der Waals surface area (Å²) in [5.74, 6) is -3.83. The van der Waals surface area contributed by atoms with Crippen molar-refractivity contribution >= 4 is 17.8 Å². The topological polar surface area (TPSA) is 54.4 Å². The first-order chi connectivity index (χ1) is 7.41. The van der Waals surface area contributed by atoms with Gasteiger partial charge in [-0.15, -0.1) is 0 Å².